The fraction of sp³-hybridized carbons (Fsp3) is 0.200. The quantitative estimate of drug-likeness (QED) is 0.535. The van der Waals surface area contributed by atoms with Gasteiger partial charge in [0.25, 0.3) is 0 Å². The van der Waals surface area contributed by atoms with Gasteiger partial charge in [0.15, 0.2) is 5.69 Å². The van der Waals surface area contributed by atoms with Gasteiger partial charge in [0.05, 0.1) is 3.57 Å². The van der Waals surface area contributed by atoms with E-state index in [1.807, 2.05) is 13.0 Å². The molecule has 2 nitrogen and oxygen atoms in total. The van der Waals surface area contributed by atoms with Crippen LogP contribution in [-0.2, 0) is 0 Å². The lowest BCUT2D eigenvalue weighted by Gasteiger charge is -1.96. The Bertz CT molecular complexity index is 466. The van der Waals surface area contributed by atoms with Crippen LogP contribution in [0.2, 0.25) is 0 Å². The van der Waals surface area contributed by atoms with E-state index in [1.165, 1.54) is 9.26 Å². The average molecular weight is 285 g/mol. The molecular formula is C10H10IN2+. The summed E-state index contributed by atoms with van der Waals surface area (Å²) in [7, 11) is 0. The molecule has 0 aliphatic heterocycles. The summed E-state index contributed by atoms with van der Waals surface area (Å²) >= 11 is 2.30. The number of hydrogen-bond donors (Lipinski definition) is 0. The van der Waals surface area contributed by atoms with E-state index in [2.05, 4.69) is 57.2 Å². The van der Waals surface area contributed by atoms with E-state index in [-0.39, 0.29) is 0 Å². The fourth-order valence-electron chi connectivity index (χ4n) is 1.43. The highest BCUT2D eigenvalue weighted by atomic mass is 127. The zero-order chi connectivity index (χ0) is 9.42. The molecule has 2 rings (SSSR count). The molecule has 0 aliphatic carbocycles. The van der Waals surface area contributed by atoms with E-state index < -0.39 is 0 Å². The Balaban J connectivity index is 2.87. The molecule has 0 fully saturated rings. The first-order valence-corrected chi connectivity index (χ1v) is 5.20. The van der Waals surface area contributed by atoms with Crippen LogP contribution in [0.1, 0.15) is 11.4 Å². The average Bonchev–Trinajstić information content (AvgIpc) is 2.06. The zero-order valence-electron chi connectivity index (χ0n) is 7.58. The van der Waals surface area contributed by atoms with Gasteiger partial charge in [-0.15, -0.1) is 0 Å². The third-order valence-electron chi connectivity index (χ3n) is 1.98. The second-order valence-electron chi connectivity index (χ2n) is 3.11. The number of nitrogens with zero attached hydrogens (tertiary/aromatic N) is 2. The molecule has 0 aliphatic rings. The number of hydrogen-bond acceptors (Lipinski definition) is 1. The standard InChI is InChI=1S/C10H10IN2/c1-7-5-8(2)13-6-9(11)3-4-10(13)12-7/h3-6H,1-2H3/q+1. The van der Waals surface area contributed by atoms with E-state index in [1.54, 1.807) is 0 Å². The van der Waals surface area contributed by atoms with Crippen molar-refractivity contribution in [3.63, 3.8) is 0 Å². The lowest BCUT2D eigenvalue weighted by Crippen LogP contribution is -2.27. The molecule has 2 heterocycles. The first kappa shape index (κ1) is 8.87. The third kappa shape index (κ3) is 1.65. The van der Waals surface area contributed by atoms with E-state index in [4.69, 9.17) is 0 Å². The Hall–Kier alpha value is -0.710. The van der Waals surface area contributed by atoms with Gasteiger partial charge in [0, 0.05) is 19.1 Å². The van der Waals surface area contributed by atoms with Crippen LogP contribution >= 0.6 is 22.6 Å². The van der Waals surface area contributed by atoms with Gasteiger partial charge in [-0.3, -0.25) is 0 Å². The van der Waals surface area contributed by atoms with Crippen LogP contribution in [0.3, 0.4) is 0 Å². The third-order valence-corrected chi connectivity index (χ3v) is 2.62. The molecule has 0 unspecified atom stereocenters. The van der Waals surface area contributed by atoms with Gasteiger partial charge in [0.2, 0.25) is 0 Å². The van der Waals surface area contributed by atoms with Crippen LogP contribution in [0.4, 0.5) is 0 Å². The summed E-state index contributed by atoms with van der Waals surface area (Å²) in [5.41, 5.74) is 3.30. The van der Waals surface area contributed by atoms with Gasteiger partial charge < -0.3 is 0 Å². The summed E-state index contributed by atoms with van der Waals surface area (Å²) in [5.74, 6) is 0. The maximum absolute atomic E-state index is 4.44. The molecule has 66 valence electrons. The SMILES string of the molecule is Cc1cc(C)[n+]2cc(I)ccc2n1. The van der Waals surface area contributed by atoms with Crippen molar-refractivity contribution in [2.24, 2.45) is 0 Å². The van der Waals surface area contributed by atoms with E-state index >= 15 is 0 Å². The van der Waals surface area contributed by atoms with Crippen LogP contribution in [0.15, 0.2) is 24.4 Å². The minimum atomic E-state index is 1.01. The summed E-state index contributed by atoms with van der Waals surface area (Å²) < 4.78 is 3.33. The predicted octanol–water partition coefficient (Wildman–Crippen LogP) is 2.04. The minimum Gasteiger partial charge on any atom is -0.200 e. The van der Waals surface area contributed by atoms with Gasteiger partial charge in [-0.1, -0.05) is 0 Å². The molecule has 0 atom stereocenters. The first-order chi connectivity index (χ1) is 6.16. The van der Waals surface area contributed by atoms with Crippen LogP contribution in [-0.4, -0.2) is 4.98 Å². The number of aryl methyl sites for hydroxylation is 2. The topological polar surface area (TPSA) is 17.0 Å². The number of fused-ring (bicyclic) bond motifs is 1. The highest BCUT2D eigenvalue weighted by Crippen LogP contribution is 2.04. The van der Waals surface area contributed by atoms with Crippen molar-refractivity contribution in [3.05, 3.63) is 39.4 Å². The first-order valence-electron chi connectivity index (χ1n) is 4.12. The normalized spacial score (nSPS) is 10.7. The number of pyridine rings is 1. The summed E-state index contributed by atoms with van der Waals surface area (Å²) in [6.07, 6.45) is 2.09. The minimum absolute atomic E-state index is 1.01. The van der Waals surface area contributed by atoms with Crippen molar-refractivity contribution in [1.29, 1.82) is 0 Å². The molecule has 0 bridgehead atoms. The molecular weight excluding hydrogens is 275 g/mol. The molecule has 3 heteroatoms. The smallest absolute Gasteiger partial charge is 0.200 e. The maximum atomic E-state index is 4.44. The Morgan fingerprint density at radius 1 is 1.31 bits per heavy atom. The van der Waals surface area contributed by atoms with Crippen molar-refractivity contribution in [2.75, 3.05) is 0 Å². The second-order valence-corrected chi connectivity index (χ2v) is 4.36. The molecule has 0 aromatic carbocycles. The van der Waals surface area contributed by atoms with Gasteiger partial charge in [-0.2, -0.15) is 4.40 Å². The van der Waals surface area contributed by atoms with Gasteiger partial charge in [-0.25, -0.2) is 0 Å². The molecule has 2 aromatic heterocycles. The van der Waals surface area contributed by atoms with Crippen molar-refractivity contribution >= 4 is 28.2 Å². The summed E-state index contributed by atoms with van der Waals surface area (Å²) in [4.78, 5) is 4.44. The molecule has 0 saturated carbocycles. The van der Waals surface area contributed by atoms with Gasteiger partial charge >= 0.3 is 5.65 Å². The molecule has 0 radical (unpaired) electrons. The molecule has 0 N–H and O–H groups in total. The monoisotopic (exact) mass is 285 g/mol. The van der Waals surface area contributed by atoms with Crippen molar-refractivity contribution in [1.82, 2.24) is 4.98 Å². The lowest BCUT2D eigenvalue weighted by atomic mass is 10.3. The highest BCUT2D eigenvalue weighted by molar-refractivity contribution is 14.1. The van der Waals surface area contributed by atoms with E-state index in [0.717, 1.165) is 11.3 Å². The summed E-state index contributed by atoms with van der Waals surface area (Å²) in [6.45, 7) is 4.11. The molecule has 2 aromatic rings. The Morgan fingerprint density at radius 2 is 2.08 bits per heavy atom. The van der Waals surface area contributed by atoms with Crippen molar-refractivity contribution in [3.8, 4) is 0 Å². The van der Waals surface area contributed by atoms with Crippen molar-refractivity contribution in [2.45, 2.75) is 13.8 Å². The Kier molecular flexibility index (Phi) is 2.19. The lowest BCUT2D eigenvalue weighted by molar-refractivity contribution is -0.523. The summed E-state index contributed by atoms with van der Waals surface area (Å²) in [6, 6.07) is 6.20. The molecule has 0 saturated heterocycles. The molecule has 0 amide bonds. The second kappa shape index (κ2) is 3.21. The molecule has 13 heavy (non-hydrogen) atoms. The Morgan fingerprint density at radius 3 is 2.85 bits per heavy atom. The predicted molar refractivity (Wildman–Crippen MR) is 59.6 cm³/mol. The highest BCUT2D eigenvalue weighted by Gasteiger charge is 2.07. The van der Waals surface area contributed by atoms with Crippen LogP contribution in [0.5, 0.6) is 0 Å². The number of aromatic nitrogens is 2. The van der Waals surface area contributed by atoms with Gasteiger partial charge in [0.1, 0.15) is 11.9 Å². The van der Waals surface area contributed by atoms with Crippen LogP contribution in [0.25, 0.3) is 5.65 Å². The van der Waals surface area contributed by atoms with E-state index in [9.17, 15) is 0 Å². The maximum Gasteiger partial charge on any atom is 0.328 e. The summed E-state index contributed by atoms with van der Waals surface area (Å²) in [5, 5.41) is 0. The fourth-order valence-corrected chi connectivity index (χ4v) is 1.88. The van der Waals surface area contributed by atoms with Crippen LogP contribution in [0, 0.1) is 17.4 Å². The number of halogens is 1. The van der Waals surface area contributed by atoms with E-state index in [0.29, 0.717) is 0 Å². The van der Waals surface area contributed by atoms with Crippen molar-refractivity contribution < 1.29 is 4.40 Å². The molecule has 0 spiro atoms. The largest absolute Gasteiger partial charge is 0.328 e. The van der Waals surface area contributed by atoms with Crippen LogP contribution < -0.4 is 4.40 Å². The zero-order valence-corrected chi connectivity index (χ0v) is 9.74. The Labute approximate surface area is 90.8 Å². The number of rotatable bonds is 0. The van der Waals surface area contributed by atoms with Gasteiger partial charge in [-0.05, 0) is 40.6 Å².